The number of methoxy groups -OCH3 is 1. The number of fused-ring (bicyclic) bond motifs is 1. The summed E-state index contributed by atoms with van der Waals surface area (Å²) in [6.45, 7) is 1.27. The summed E-state index contributed by atoms with van der Waals surface area (Å²) in [5.41, 5.74) is 2.14. The molecule has 1 aromatic carbocycles. The third-order valence-electron chi connectivity index (χ3n) is 4.60. The van der Waals surface area contributed by atoms with Crippen molar-refractivity contribution in [3.8, 4) is 5.75 Å². The smallest absolute Gasteiger partial charge is 0.238 e. The van der Waals surface area contributed by atoms with Gasteiger partial charge in [-0.1, -0.05) is 6.07 Å². The zero-order chi connectivity index (χ0) is 17.9. The van der Waals surface area contributed by atoms with E-state index in [0.717, 1.165) is 24.4 Å². The average molecular weight is 385 g/mol. The number of benzene rings is 1. The van der Waals surface area contributed by atoms with Crippen molar-refractivity contribution >= 4 is 34.3 Å². The number of nitrogens with one attached hydrogen (secondary N) is 1. The fraction of sp³-hybridized carbons (Fsp3) is 0.250. The second-order valence-electron chi connectivity index (χ2n) is 6.21. The van der Waals surface area contributed by atoms with Gasteiger partial charge in [-0.2, -0.15) is 0 Å². The van der Waals surface area contributed by atoms with E-state index in [4.69, 9.17) is 4.74 Å². The van der Waals surface area contributed by atoms with E-state index in [-0.39, 0.29) is 11.9 Å². The van der Waals surface area contributed by atoms with E-state index in [1.54, 1.807) is 18.4 Å². The lowest BCUT2D eigenvalue weighted by Gasteiger charge is -2.34. The van der Waals surface area contributed by atoms with Gasteiger partial charge in [-0.3, -0.25) is 9.69 Å². The lowest BCUT2D eigenvalue weighted by atomic mass is 9.98. The highest BCUT2D eigenvalue weighted by Crippen LogP contribution is 2.39. The second kappa shape index (κ2) is 7.61. The van der Waals surface area contributed by atoms with Gasteiger partial charge in [-0.25, -0.2) is 0 Å². The number of rotatable bonds is 5. The van der Waals surface area contributed by atoms with Crippen molar-refractivity contribution in [3.63, 3.8) is 0 Å². The zero-order valence-corrected chi connectivity index (χ0v) is 16.1. The second-order valence-corrected chi connectivity index (χ2v) is 8.19. The molecule has 1 aliphatic rings. The number of hydrogen-bond donors (Lipinski definition) is 1. The lowest BCUT2D eigenvalue weighted by Crippen LogP contribution is -2.40. The van der Waals surface area contributed by atoms with Crippen molar-refractivity contribution in [2.45, 2.75) is 12.5 Å². The van der Waals surface area contributed by atoms with Crippen LogP contribution in [0.25, 0.3) is 0 Å². The molecule has 4 rings (SSSR count). The van der Waals surface area contributed by atoms with Crippen LogP contribution in [0.3, 0.4) is 0 Å². The Balaban J connectivity index is 1.50. The highest BCUT2D eigenvalue weighted by molar-refractivity contribution is 7.10. The molecule has 134 valence electrons. The molecule has 0 spiro atoms. The highest BCUT2D eigenvalue weighted by atomic mass is 32.1. The van der Waals surface area contributed by atoms with Gasteiger partial charge in [0, 0.05) is 22.0 Å². The topological polar surface area (TPSA) is 41.6 Å². The molecule has 3 heterocycles. The molecule has 0 radical (unpaired) electrons. The molecule has 1 N–H and O–H groups in total. The molecule has 1 amide bonds. The van der Waals surface area contributed by atoms with Crippen molar-refractivity contribution in [3.05, 3.63) is 68.5 Å². The van der Waals surface area contributed by atoms with Gasteiger partial charge >= 0.3 is 0 Å². The number of carbonyl (C=O) groups excluding carboxylic acids is 1. The Labute approximate surface area is 161 Å². The van der Waals surface area contributed by atoms with Crippen molar-refractivity contribution in [2.75, 3.05) is 25.5 Å². The maximum atomic E-state index is 12.6. The summed E-state index contributed by atoms with van der Waals surface area (Å²) in [6, 6.07) is 14.0. The molecular formula is C20H20N2O2S2. The van der Waals surface area contributed by atoms with Gasteiger partial charge in [-0.05, 0) is 59.1 Å². The monoisotopic (exact) mass is 384 g/mol. The molecule has 2 aromatic heterocycles. The minimum atomic E-state index is 0.00963. The Hall–Kier alpha value is -2.15. The van der Waals surface area contributed by atoms with Crippen LogP contribution in [0.1, 0.15) is 21.4 Å². The number of anilines is 1. The number of nitrogens with zero attached hydrogens (tertiary/aromatic N) is 1. The number of amides is 1. The average Bonchev–Trinajstić information content (AvgIpc) is 3.34. The number of hydrogen-bond acceptors (Lipinski definition) is 5. The summed E-state index contributed by atoms with van der Waals surface area (Å²) >= 11 is 3.57. The molecule has 0 saturated heterocycles. The first-order valence-corrected chi connectivity index (χ1v) is 10.3. The number of carbonyl (C=O) groups is 1. The number of ether oxygens (including phenoxy) is 1. The predicted octanol–water partition coefficient (Wildman–Crippen LogP) is 4.40. The van der Waals surface area contributed by atoms with E-state index < -0.39 is 0 Å². The predicted molar refractivity (Wildman–Crippen MR) is 107 cm³/mol. The van der Waals surface area contributed by atoms with Crippen LogP contribution in [0.15, 0.2) is 53.2 Å². The van der Waals surface area contributed by atoms with Gasteiger partial charge in [0.2, 0.25) is 5.91 Å². The van der Waals surface area contributed by atoms with Crippen LogP contribution >= 0.6 is 22.7 Å². The minimum Gasteiger partial charge on any atom is -0.497 e. The largest absolute Gasteiger partial charge is 0.497 e. The molecule has 6 heteroatoms. The summed E-state index contributed by atoms with van der Waals surface area (Å²) < 4.78 is 5.16. The maximum Gasteiger partial charge on any atom is 0.238 e. The summed E-state index contributed by atoms with van der Waals surface area (Å²) in [4.78, 5) is 17.6. The highest BCUT2D eigenvalue weighted by Gasteiger charge is 2.31. The SMILES string of the molecule is COc1ccc(NC(=O)CN2CCc3sccc3[C@H]2c2cccs2)cc1. The minimum absolute atomic E-state index is 0.00963. The molecule has 26 heavy (non-hydrogen) atoms. The Bertz CT molecular complexity index is 872. The van der Waals surface area contributed by atoms with E-state index in [0.29, 0.717) is 6.54 Å². The van der Waals surface area contributed by atoms with Gasteiger partial charge in [-0.15, -0.1) is 22.7 Å². The van der Waals surface area contributed by atoms with Crippen LogP contribution in [-0.2, 0) is 11.2 Å². The first-order chi connectivity index (χ1) is 12.7. The van der Waals surface area contributed by atoms with E-state index in [1.807, 2.05) is 35.6 Å². The number of thiophene rings is 2. The van der Waals surface area contributed by atoms with E-state index in [1.165, 1.54) is 15.3 Å². The molecule has 0 aliphatic carbocycles. The normalized spacial score (nSPS) is 16.9. The van der Waals surface area contributed by atoms with Crippen molar-refractivity contribution < 1.29 is 9.53 Å². The zero-order valence-electron chi connectivity index (χ0n) is 14.5. The first-order valence-electron chi connectivity index (χ1n) is 8.52. The third kappa shape index (κ3) is 3.53. The van der Waals surface area contributed by atoms with Crippen LogP contribution in [-0.4, -0.2) is 31.0 Å². The fourth-order valence-corrected chi connectivity index (χ4v) is 5.16. The van der Waals surface area contributed by atoms with Crippen molar-refractivity contribution in [1.29, 1.82) is 0 Å². The molecule has 3 aromatic rings. The van der Waals surface area contributed by atoms with E-state index in [2.05, 4.69) is 39.2 Å². The van der Waals surface area contributed by atoms with Crippen LogP contribution in [0.2, 0.25) is 0 Å². The molecular weight excluding hydrogens is 364 g/mol. The quantitative estimate of drug-likeness (QED) is 0.709. The molecule has 0 saturated carbocycles. The third-order valence-corrected chi connectivity index (χ3v) is 6.52. The van der Waals surface area contributed by atoms with Gasteiger partial charge < -0.3 is 10.1 Å². The Morgan fingerprint density at radius 2 is 2.04 bits per heavy atom. The van der Waals surface area contributed by atoms with Crippen molar-refractivity contribution in [1.82, 2.24) is 4.90 Å². The Kier molecular flexibility index (Phi) is 5.06. The van der Waals surface area contributed by atoms with E-state index >= 15 is 0 Å². The van der Waals surface area contributed by atoms with Crippen LogP contribution in [0.5, 0.6) is 5.75 Å². The molecule has 1 atom stereocenters. The first kappa shape index (κ1) is 17.3. The van der Waals surface area contributed by atoms with Gasteiger partial charge in [0.1, 0.15) is 5.75 Å². The van der Waals surface area contributed by atoms with Crippen LogP contribution in [0, 0.1) is 0 Å². The summed E-state index contributed by atoms with van der Waals surface area (Å²) in [7, 11) is 1.63. The van der Waals surface area contributed by atoms with Gasteiger partial charge in [0.25, 0.3) is 0 Å². The summed E-state index contributed by atoms with van der Waals surface area (Å²) in [5.74, 6) is 0.789. The Morgan fingerprint density at radius 1 is 1.19 bits per heavy atom. The molecule has 0 unspecified atom stereocenters. The van der Waals surface area contributed by atoms with Crippen molar-refractivity contribution in [2.24, 2.45) is 0 Å². The summed E-state index contributed by atoms with van der Waals surface area (Å²) in [6.07, 6.45) is 1.00. The standard InChI is InChI=1S/C20H20N2O2S2/c1-24-15-6-4-14(5-7-15)21-19(23)13-22-10-8-17-16(9-12-26-17)20(22)18-3-2-11-25-18/h2-7,9,11-12,20H,8,10,13H2,1H3,(H,21,23)/t20-/m0/s1. The molecule has 0 fully saturated rings. The Morgan fingerprint density at radius 3 is 2.77 bits per heavy atom. The lowest BCUT2D eigenvalue weighted by molar-refractivity contribution is -0.117. The van der Waals surface area contributed by atoms with Crippen LogP contribution in [0.4, 0.5) is 5.69 Å². The van der Waals surface area contributed by atoms with Gasteiger partial charge in [0.15, 0.2) is 0 Å². The molecule has 0 bridgehead atoms. The fourth-order valence-electron chi connectivity index (χ4n) is 3.38. The maximum absolute atomic E-state index is 12.6. The van der Waals surface area contributed by atoms with Gasteiger partial charge in [0.05, 0.1) is 19.7 Å². The summed E-state index contributed by atoms with van der Waals surface area (Å²) in [5, 5.41) is 7.26. The molecule has 4 nitrogen and oxygen atoms in total. The van der Waals surface area contributed by atoms with Crippen LogP contribution < -0.4 is 10.1 Å². The molecule has 1 aliphatic heterocycles. The van der Waals surface area contributed by atoms with E-state index in [9.17, 15) is 4.79 Å².